The summed E-state index contributed by atoms with van der Waals surface area (Å²) in [5.41, 5.74) is 2.21. The molecule has 6 nitrogen and oxygen atoms in total. The number of benzene rings is 2. The second kappa shape index (κ2) is 8.97. The van der Waals surface area contributed by atoms with Crippen LogP contribution in [0.2, 0.25) is 0 Å². The maximum absolute atomic E-state index is 13.0. The molecular formula is C22H28N2O4S. The topological polar surface area (TPSA) is 75.7 Å². The van der Waals surface area contributed by atoms with E-state index < -0.39 is 16.1 Å². The van der Waals surface area contributed by atoms with E-state index in [0.29, 0.717) is 30.1 Å². The summed E-state index contributed by atoms with van der Waals surface area (Å²) >= 11 is 0. The molecule has 2 aromatic carbocycles. The third-order valence-electron chi connectivity index (χ3n) is 5.09. The Hall–Kier alpha value is -2.38. The molecule has 1 heterocycles. The Morgan fingerprint density at radius 1 is 1.03 bits per heavy atom. The number of nitrogens with zero attached hydrogens (tertiary/aromatic N) is 1. The van der Waals surface area contributed by atoms with Crippen molar-refractivity contribution in [3.63, 3.8) is 0 Å². The summed E-state index contributed by atoms with van der Waals surface area (Å²) in [7, 11) is -3.57. The van der Waals surface area contributed by atoms with Gasteiger partial charge in [0, 0.05) is 18.8 Å². The number of hydrogen-bond acceptors (Lipinski definition) is 4. The number of sulfonamides is 1. The number of nitrogens with one attached hydrogen (secondary N) is 1. The molecule has 0 bridgehead atoms. The Kier molecular flexibility index (Phi) is 6.59. The van der Waals surface area contributed by atoms with Gasteiger partial charge < -0.3 is 10.1 Å². The third-order valence-corrected chi connectivity index (χ3v) is 7.13. The second-order valence-corrected chi connectivity index (χ2v) is 9.41. The molecule has 1 N–H and O–H groups in total. The average molecular weight is 417 g/mol. The lowest BCUT2D eigenvalue weighted by molar-refractivity contribution is -0.122. The first kappa shape index (κ1) is 21.3. The SMILES string of the molecule is Cc1ccc(OC(C)C(=O)Nc2ccc(C)c(S(=O)(=O)N3CCCCC3)c2)cc1. The van der Waals surface area contributed by atoms with E-state index in [1.54, 1.807) is 26.0 Å². The van der Waals surface area contributed by atoms with Gasteiger partial charge in [0.05, 0.1) is 4.90 Å². The van der Waals surface area contributed by atoms with Crippen LogP contribution in [0.1, 0.15) is 37.3 Å². The third kappa shape index (κ3) is 5.16. The van der Waals surface area contributed by atoms with Crippen LogP contribution in [-0.4, -0.2) is 37.8 Å². The number of aryl methyl sites for hydroxylation is 2. The van der Waals surface area contributed by atoms with E-state index in [1.807, 2.05) is 31.2 Å². The van der Waals surface area contributed by atoms with Crippen molar-refractivity contribution in [3.8, 4) is 5.75 Å². The van der Waals surface area contributed by atoms with E-state index in [2.05, 4.69) is 5.32 Å². The van der Waals surface area contributed by atoms with E-state index >= 15 is 0 Å². The molecule has 0 saturated carbocycles. The summed E-state index contributed by atoms with van der Waals surface area (Å²) in [6, 6.07) is 12.4. The first-order valence-electron chi connectivity index (χ1n) is 9.92. The lowest BCUT2D eigenvalue weighted by atomic mass is 10.2. The lowest BCUT2D eigenvalue weighted by Gasteiger charge is -2.26. The predicted molar refractivity (Wildman–Crippen MR) is 114 cm³/mol. The van der Waals surface area contributed by atoms with Gasteiger partial charge in [-0.25, -0.2) is 8.42 Å². The number of carbonyl (C=O) groups is 1. The maximum Gasteiger partial charge on any atom is 0.265 e. The van der Waals surface area contributed by atoms with Gasteiger partial charge in [-0.3, -0.25) is 4.79 Å². The summed E-state index contributed by atoms with van der Waals surface area (Å²) in [5, 5.41) is 2.77. The number of piperidine rings is 1. The van der Waals surface area contributed by atoms with Crippen molar-refractivity contribution in [2.75, 3.05) is 18.4 Å². The number of amides is 1. The van der Waals surface area contributed by atoms with Crippen molar-refractivity contribution < 1.29 is 17.9 Å². The van der Waals surface area contributed by atoms with Gasteiger partial charge >= 0.3 is 0 Å². The Morgan fingerprint density at radius 2 is 1.69 bits per heavy atom. The van der Waals surface area contributed by atoms with Crippen molar-refractivity contribution in [1.82, 2.24) is 4.31 Å². The lowest BCUT2D eigenvalue weighted by Crippen LogP contribution is -2.36. The van der Waals surface area contributed by atoms with Gasteiger partial charge in [0.15, 0.2) is 6.10 Å². The molecule has 1 atom stereocenters. The van der Waals surface area contributed by atoms with Crippen molar-refractivity contribution in [3.05, 3.63) is 53.6 Å². The van der Waals surface area contributed by atoms with Crippen molar-refractivity contribution in [2.24, 2.45) is 0 Å². The summed E-state index contributed by atoms with van der Waals surface area (Å²) < 4.78 is 33.3. The van der Waals surface area contributed by atoms with Crippen molar-refractivity contribution in [2.45, 2.75) is 51.0 Å². The van der Waals surface area contributed by atoms with Gasteiger partial charge in [-0.15, -0.1) is 0 Å². The fourth-order valence-electron chi connectivity index (χ4n) is 3.32. The maximum atomic E-state index is 13.0. The first-order chi connectivity index (χ1) is 13.8. The van der Waals surface area contributed by atoms with Crippen LogP contribution >= 0.6 is 0 Å². The number of hydrogen-bond donors (Lipinski definition) is 1. The van der Waals surface area contributed by atoms with Gasteiger partial charge in [0.25, 0.3) is 5.91 Å². The minimum atomic E-state index is -3.57. The Morgan fingerprint density at radius 3 is 2.34 bits per heavy atom. The van der Waals surface area contributed by atoms with E-state index in [9.17, 15) is 13.2 Å². The molecule has 1 aliphatic rings. The summed E-state index contributed by atoms with van der Waals surface area (Å²) in [6.45, 7) is 6.49. The largest absolute Gasteiger partial charge is 0.481 e. The highest BCUT2D eigenvalue weighted by Gasteiger charge is 2.28. The van der Waals surface area contributed by atoms with Crippen LogP contribution in [-0.2, 0) is 14.8 Å². The zero-order chi connectivity index (χ0) is 21.0. The van der Waals surface area contributed by atoms with Crippen LogP contribution in [0.25, 0.3) is 0 Å². The van der Waals surface area contributed by atoms with Crippen LogP contribution in [0.4, 0.5) is 5.69 Å². The molecule has 0 aliphatic carbocycles. The molecule has 156 valence electrons. The molecule has 1 saturated heterocycles. The zero-order valence-electron chi connectivity index (χ0n) is 17.1. The summed E-state index contributed by atoms with van der Waals surface area (Å²) in [5.74, 6) is 0.270. The van der Waals surface area contributed by atoms with Gasteiger partial charge in [-0.05, 0) is 63.4 Å². The van der Waals surface area contributed by atoms with Crippen LogP contribution in [0.5, 0.6) is 5.75 Å². The van der Waals surface area contributed by atoms with Gasteiger partial charge in [-0.1, -0.05) is 30.2 Å². The highest BCUT2D eigenvalue weighted by atomic mass is 32.2. The molecule has 1 aliphatic heterocycles. The molecule has 29 heavy (non-hydrogen) atoms. The van der Waals surface area contributed by atoms with Crippen LogP contribution in [0.15, 0.2) is 47.4 Å². The molecule has 0 aromatic heterocycles. The van der Waals surface area contributed by atoms with Crippen LogP contribution in [0.3, 0.4) is 0 Å². The van der Waals surface area contributed by atoms with Gasteiger partial charge in [0.1, 0.15) is 5.75 Å². The summed E-state index contributed by atoms with van der Waals surface area (Å²) in [6.07, 6.45) is 2.09. The fourth-order valence-corrected chi connectivity index (χ4v) is 5.09. The molecule has 1 fully saturated rings. The monoisotopic (exact) mass is 416 g/mol. The molecule has 3 rings (SSSR count). The molecular weight excluding hydrogens is 388 g/mol. The molecule has 2 aromatic rings. The quantitative estimate of drug-likeness (QED) is 0.775. The van der Waals surface area contributed by atoms with E-state index in [0.717, 1.165) is 24.8 Å². The zero-order valence-corrected chi connectivity index (χ0v) is 18.0. The highest BCUT2D eigenvalue weighted by molar-refractivity contribution is 7.89. The Balaban J connectivity index is 1.73. The number of anilines is 1. The number of carbonyl (C=O) groups excluding carboxylic acids is 1. The van der Waals surface area contributed by atoms with E-state index in [4.69, 9.17) is 4.74 Å². The highest BCUT2D eigenvalue weighted by Crippen LogP contribution is 2.26. The smallest absolute Gasteiger partial charge is 0.265 e. The minimum Gasteiger partial charge on any atom is -0.481 e. The first-order valence-corrected chi connectivity index (χ1v) is 11.4. The normalized spacial score (nSPS) is 16.2. The summed E-state index contributed by atoms with van der Waals surface area (Å²) in [4.78, 5) is 12.8. The Bertz CT molecular complexity index is 965. The van der Waals surface area contributed by atoms with Gasteiger partial charge in [-0.2, -0.15) is 4.31 Å². The number of ether oxygens (including phenoxy) is 1. The fraction of sp³-hybridized carbons (Fsp3) is 0.409. The second-order valence-electron chi connectivity index (χ2n) is 7.51. The Labute approximate surface area is 172 Å². The molecule has 1 amide bonds. The molecule has 1 unspecified atom stereocenters. The van der Waals surface area contributed by atoms with E-state index in [-0.39, 0.29) is 10.8 Å². The van der Waals surface area contributed by atoms with Crippen LogP contribution < -0.4 is 10.1 Å². The molecule has 7 heteroatoms. The van der Waals surface area contributed by atoms with Crippen molar-refractivity contribution >= 4 is 21.6 Å². The molecule has 0 radical (unpaired) electrons. The van der Waals surface area contributed by atoms with E-state index in [1.165, 1.54) is 10.4 Å². The standard InChI is InChI=1S/C22H28N2O4S/c1-16-7-11-20(12-8-16)28-18(3)22(25)23-19-10-9-17(2)21(15-19)29(26,27)24-13-5-4-6-14-24/h7-12,15,18H,4-6,13-14H2,1-3H3,(H,23,25). The predicted octanol–water partition coefficient (Wildman–Crippen LogP) is 3.88. The number of rotatable bonds is 6. The average Bonchev–Trinajstić information content (AvgIpc) is 2.71. The van der Waals surface area contributed by atoms with Crippen LogP contribution in [0, 0.1) is 13.8 Å². The van der Waals surface area contributed by atoms with Gasteiger partial charge in [0.2, 0.25) is 10.0 Å². The molecule has 0 spiro atoms. The minimum absolute atomic E-state index is 0.240. The van der Waals surface area contributed by atoms with Crippen molar-refractivity contribution in [1.29, 1.82) is 0 Å².